The summed E-state index contributed by atoms with van der Waals surface area (Å²) in [7, 11) is 1.60. The summed E-state index contributed by atoms with van der Waals surface area (Å²) >= 11 is 0. The molecule has 0 saturated heterocycles. The van der Waals surface area contributed by atoms with Gasteiger partial charge in [-0.05, 0) is 43.7 Å². The normalized spacial score (nSPS) is 21.2. The molecule has 1 aliphatic rings. The summed E-state index contributed by atoms with van der Waals surface area (Å²) in [6, 6.07) is 9.22. The van der Waals surface area contributed by atoms with E-state index in [0.29, 0.717) is 18.9 Å². The number of rotatable bonds is 6. The highest BCUT2D eigenvalue weighted by Crippen LogP contribution is 2.28. The number of amides is 2. The van der Waals surface area contributed by atoms with Gasteiger partial charge in [0.15, 0.2) is 0 Å². The molecule has 5 nitrogen and oxygen atoms in total. The Balaban J connectivity index is 0.00000288. The Kier molecular flexibility index (Phi) is 8.79. The van der Waals surface area contributed by atoms with E-state index in [-0.39, 0.29) is 30.1 Å². The van der Waals surface area contributed by atoms with Crippen LogP contribution in [-0.2, 0) is 16.0 Å². The molecule has 0 aromatic heterocycles. The minimum Gasteiger partial charge on any atom is -0.357 e. The average Bonchev–Trinajstić information content (AvgIpc) is 2.61. The van der Waals surface area contributed by atoms with E-state index in [4.69, 9.17) is 5.73 Å². The third kappa shape index (κ3) is 5.80. The third-order valence-corrected chi connectivity index (χ3v) is 4.71. The van der Waals surface area contributed by atoms with Gasteiger partial charge in [-0.3, -0.25) is 9.59 Å². The Morgan fingerprint density at radius 3 is 2.33 bits per heavy atom. The topological polar surface area (TPSA) is 84.2 Å². The molecule has 1 aromatic carbocycles. The summed E-state index contributed by atoms with van der Waals surface area (Å²) in [5.41, 5.74) is 6.73. The molecule has 0 spiro atoms. The molecule has 2 rings (SSSR count). The lowest BCUT2D eigenvalue weighted by molar-refractivity contribution is -0.131. The van der Waals surface area contributed by atoms with Crippen LogP contribution in [-0.4, -0.2) is 31.4 Å². The fraction of sp³-hybridized carbons (Fsp3) is 0.556. The zero-order valence-electron chi connectivity index (χ0n) is 14.2. The lowest BCUT2D eigenvalue weighted by Crippen LogP contribution is -2.49. The summed E-state index contributed by atoms with van der Waals surface area (Å²) in [5.74, 6) is 0.377. The number of benzene rings is 1. The van der Waals surface area contributed by atoms with Crippen LogP contribution < -0.4 is 16.4 Å². The summed E-state index contributed by atoms with van der Waals surface area (Å²) in [4.78, 5) is 24.6. The maximum Gasteiger partial charge on any atom is 0.242 e. The summed E-state index contributed by atoms with van der Waals surface area (Å²) in [5, 5.41) is 5.58. The van der Waals surface area contributed by atoms with Crippen molar-refractivity contribution < 1.29 is 9.59 Å². The van der Waals surface area contributed by atoms with E-state index in [9.17, 15) is 9.59 Å². The number of carbonyl (C=O) groups is 2. The van der Waals surface area contributed by atoms with Crippen molar-refractivity contribution in [3.05, 3.63) is 35.9 Å². The monoisotopic (exact) mass is 353 g/mol. The Labute approximate surface area is 150 Å². The smallest absolute Gasteiger partial charge is 0.242 e. The van der Waals surface area contributed by atoms with Gasteiger partial charge in [0.25, 0.3) is 0 Å². The minimum absolute atomic E-state index is 0. The van der Waals surface area contributed by atoms with Gasteiger partial charge in [-0.15, -0.1) is 12.4 Å². The van der Waals surface area contributed by atoms with Crippen molar-refractivity contribution in [1.82, 2.24) is 10.6 Å². The summed E-state index contributed by atoms with van der Waals surface area (Å²) in [6.07, 6.45) is 4.22. The van der Waals surface area contributed by atoms with E-state index in [1.165, 1.54) is 0 Å². The number of nitrogens with two attached hydrogens (primary N) is 1. The molecule has 1 aromatic rings. The van der Waals surface area contributed by atoms with Gasteiger partial charge in [0, 0.05) is 19.4 Å². The van der Waals surface area contributed by atoms with Gasteiger partial charge in [0.05, 0.1) is 0 Å². The van der Waals surface area contributed by atoms with Crippen molar-refractivity contribution in [2.75, 3.05) is 13.6 Å². The Morgan fingerprint density at radius 2 is 1.79 bits per heavy atom. The molecule has 134 valence electrons. The van der Waals surface area contributed by atoms with Gasteiger partial charge in [-0.25, -0.2) is 0 Å². The van der Waals surface area contributed by atoms with Crippen molar-refractivity contribution in [2.24, 2.45) is 17.6 Å². The van der Waals surface area contributed by atoms with E-state index in [2.05, 4.69) is 10.6 Å². The molecule has 4 N–H and O–H groups in total. The SMILES string of the molecule is CNC(=O)[C@H](Cc1ccccc1)NC(=O)[C@H]1CC[C@H](CN)CC1.Cl. The van der Waals surface area contributed by atoms with Crippen LogP contribution in [0.25, 0.3) is 0 Å². The van der Waals surface area contributed by atoms with E-state index >= 15 is 0 Å². The number of halogens is 1. The van der Waals surface area contributed by atoms with Crippen LogP contribution in [0.15, 0.2) is 30.3 Å². The Bertz CT molecular complexity index is 516. The fourth-order valence-electron chi connectivity index (χ4n) is 3.18. The van der Waals surface area contributed by atoms with Gasteiger partial charge in [-0.1, -0.05) is 30.3 Å². The zero-order valence-corrected chi connectivity index (χ0v) is 15.0. The highest BCUT2D eigenvalue weighted by Gasteiger charge is 2.28. The standard InChI is InChI=1S/C18H27N3O2.ClH/c1-20-18(23)16(11-13-5-3-2-4-6-13)21-17(22)15-9-7-14(12-19)8-10-15;/h2-6,14-16H,7-12,19H2,1H3,(H,20,23)(H,21,22);1H/t14-,15-,16-;/m0./s1. The Hall–Kier alpha value is -1.59. The summed E-state index contributed by atoms with van der Waals surface area (Å²) in [6.45, 7) is 0.698. The molecular formula is C18H28ClN3O2. The molecule has 0 bridgehead atoms. The fourth-order valence-corrected chi connectivity index (χ4v) is 3.18. The number of hydrogen-bond donors (Lipinski definition) is 3. The molecule has 1 fully saturated rings. The van der Waals surface area contributed by atoms with Crippen molar-refractivity contribution in [1.29, 1.82) is 0 Å². The van der Waals surface area contributed by atoms with Crippen LogP contribution in [0.5, 0.6) is 0 Å². The van der Waals surface area contributed by atoms with Crippen LogP contribution >= 0.6 is 12.4 Å². The first-order valence-corrected chi connectivity index (χ1v) is 8.40. The Morgan fingerprint density at radius 1 is 1.17 bits per heavy atom. The van der Waals surface area contributed by atoms with Crippen molar-refractivity contribution in [2.45, 2.75) is 38.1 Å². The average molecular weight is 354 g/mol. The van der Waals surface area contributed by atoms with Gasteiger partial charge in [0.1, 0.15) is 6.04 Å². The van der Waals surface area contributed by atoms with Crippen LogP contribution in [0.4, 0.5) is 0 Å². The number of nitrogens with one attached hydrogen (secondary N) is 2. The molecule has 1 aliphatic carbocycles. The van der Waals surface area contributed by atoms with Crippen LogP contribution in [0.2, 0.25) is 0 Å². The van der Waals surface area contributed by atoms with E-state index in [1.807, 2.05) is 30.3 Å². The molecule has 0 heterocycles. The summed E-state index contributed by atoms with van der Waals surface area (Å²) < 4.78 is 0. The van der Waals surface area contributed by atoms with E-state index in [0.717, 1.165) is 31.2 Å². The molecule has 0 unspecified atom stereocenters. The van der Waals surface area contributed by atoms with Crippen LogP contribution in [0, 0.1) is 11.8 Å². The predicted molar refractivity (Wildman–Crippen MR) is 97.9 cm³/mol. The van der Waals surface area contributed by atoms with Gasteiger partial charge in [-0.2, -0.15) is 0 Å². The quantitative estimate of drug-likeness (QED) is 0.727. The molecular weight excluding hydrogens is 326 g/mol. The van der Waals surface area contributed by atoms with E-state index in [1.54, 1.807) is 7.05 Å². The molecule has 1 saturated carbocycles. The largest absolute Gasteiger partial charge is 0.357 e. The lowest BCUT2D eigenvalue weighted by Gasteiger charge is -2.28. The van der Waals surface area contributed by atoms with Crippen molar-refractivity contribution >= 4 is 24.2 Å². The first-order valence-electron chi connectivity index (χ1n) is 8.40. The number of hydrogen-bond acceptors (Lipinski definition) is 3. The minimum atomic E-state index is -0.526. The number of likely N-dealkylation sites (N-methyl/N-ethyl adjacent to an activating group) is 1. The third-order valence-electron chi connectivity index (χ3n) is 4.71. The van der Waals surface area contributed by atoms with Gasteiger partial charge >= 0.3 is 0 Å². The molecule has 24 heavy (non-hydrogen) atoms. The molecule has 0 radical (unpaired) electrons. The number of carbonyl (C=O) groups excluding carboxylic acids is 2. The molecule has 0 aliphatic heterocycles. The van der Waals surface area contributed by atoms with Crippen LogP contribution in [0.1, 0.15) is 31.2 Å². The van der Waals surface area contributed by atoms with Crippen molar-refractivity contribution in [3.63, 3.8) is 0 Å². The lowest BCUT2D eigenvalue weighted by atomic mass is 9.81. The van der Waals surface area contributed by atoms with Gasteiger partial charge in [0.2, 0.25) is 11.8 Å². The highest BCUT2D eigenvalue weighted by atomic mass is 35.5. The maximum absolute atomic E-state index is 12.5. The second-order valence-electron chi connectivity index (χ2n) is 6.32. The first-order chi connectivity index (χ1) is 11.1. The zero-order chi connectivity index (χ0) is 16.7. The molecule has 2 amide bonds. The first kappa shape index (κ1) is 20.5. The second kappa shape index (κ2) is 10.3. The van der Waals surface area contributed by atoms with E-state index < -0.39 is 6.04 Å². The molecule has 6 heteroatoms. The van der Waals surface area contributed by atoms with Crippen molar-refractivity contribution in [3.8, 4) is 0 Å². The second-order valence-corrected chi connectivity index (χ2v) is 6.32. The maximum atomic E-state index is 12.5. The predicted octanol–water partition coefficient (Wildman–Crippen LogP) is 1.65. The van der Waals surface area contributed by atoms with Crippen LogP contribution in [0.3, 0.4) is 0 Å². The molecule has 1 atom stereocenters. The van der Waals surface area contributed by atoms with Gasteiger partial charge < -0.3 is 16.4 Å². The highest BCUT2D eigenvalue weighted by molar-refractivity contribution is 5.88.